The van der Waals surface area contributed by atoms with Gasteiger partial charge in [0, 0.05) is 12.0 Å². The molecule has 8 nitrogen and oxygen atoms in total. The maximum Gasteiger partial charge on any atom is 0.326 e. The van der Waals surface area contributed by atoms with Crippen molar-refractivity contribution in [3.8, 4) is 0 Å². The molecule has 0 aliphatic heterocycles. The summed E-state index contributed by atoms with van der Waals surface area (Å²) in [6.07, 6.45) is 3.39. The van der Waals surface area contributed by atoms with E-state index in [2.05, 4.69) is 10.6 Å². The first-order chi connectivity index (χ1) is 14.2. The van der Waals surface area contributed by atoms with Crippen LogP contribution in [0.15, 0.2) is 24.3 Å². The highest BCUT2D eigenvalue weighted by Crippen LogP contribution is 2.14. The van der Waals surface area contributed by atoms with Crippen LogP contribution in [0.5, 0.6) is 0 Å². The van der Waals surface area contributed by atoms with E-state index in [9.17, 15) is 19.2 Å². The van der Waals surface area contributed by atoms with Crippen LogP contribution in [0.2, 0.25) is 0 Å². The predicted octanol–water partition coefficient (Wildman–Crippen LogP) is 1.22. The van der Waals surface area contributed by atoms with Crippen LogP contribution >= 0.6 is 11.8 Å². The molecule has 5 N–H and O–H groups in total. The zero-order valence-electron chi connectivity index (χ0n) is 17.6. The average Bonchev–Trinajstić information content (AvgIpc) is 2.70. The molecule has 0 heterocycles. The lowest BCUT2D eigenvalue weighted by molar-refractivity contribution is -0.140. The molecule has 0 unspecified atom stereocenters. The first kappa shape index (κ1) is 25.6. The van der Waals surface area contributed by atoms with Crippen molar-refractivity contribution < 1.29 is 24.3 Å². The number of carboxylic acid groups (broad SMARTS) is 1. The largest absolute Gasteiger partial charge is 0.480 e. The molecule has 1 aromatic rings. The van der Waals surface area contributed by atoms with Crippen molar-refractivity contribution in [3.05, 3.63) is 35.4 Å². The SMILES string of the molecule is CSCC[C@H](N)C(=O)N[C@@H](CC(C)C)C(=O)c1ccc(C[C@H](NC=O)C(=O)O)cc1. The summed E-state index contributed by atoms with van der Waals surface area (Å²) in [6.45, 7) is 3.94. The van der Waals surface area contributed by atoms with Gasteiger partial charge in [-0.15, -0.1) is 0 Å². The standard InChI is InChI=1S/C21H31N3O5S/c1-13(2)10-17(24-20(27)16(22)8-9-30-3)19(26)15-6-4-14(5-7-15)11-18(21(28)29)23-12-25/h4-7,12-13,16-18H,8-11,22H2,1-3H3,(H,23,25)(H,24,27)(H,28,29)/t16-,17-,18-/m0/s1. The fraction of sp³-hybridized carbons (Fsp3) is 0.524. The van der Waals surface area contributed by atoms with Crippen LogP contribution in [-0.2, 0) is 20.8 Å². The number of nitrogens with one attached hydrogen (secondary N) is 2. The van der Waals surface area contributed by atoms with Gasteiger partial charge in [0.1, 0.15) is 6.04 Å². The molecule has 0 aliphatic rings. The third kappa shape index (κ3) is 8.54. The van der Waals surface area contributed by atoms with Crippen LogP contribution in [0.25, 0.3) is 0 Å². The van der Waals surface area contributed by atoms with Crippen molar-refractivity contribution in [2.45, 2.75) is 51.2 Å². The van der Waals surface area contributed by atoms with Gasteiger partial charge in [-0.3, -0.25) is 14.4 Å². The second-order valence-corrected chi connectivity index (χ2v) is 8.50. The smallest absolute Gasteiger partial charge is 0.326 e. The third-order valence-corrected chi connectivity index (χ3v) is 5.20. The lowest BCUT2D eigenvalue weighted by Gasteiger charge is -2.22. The molecule has 0 saturated carbocycles. The number of hydrogen-bond acceptors (Lipinski definition) is 6. The summed E-state index contributed by atoms with van der Waals surface area (Å²) in [7, 11) is 0. The quantitative estimate of drug-likeness (QED) is 0.253. The average molecular weight is 438 g/mol. The van der Waals surface area contributed by atoms with Gasteiger partial charge in [-0.2, -0.15) is 11.8 Å². The van der Waals surface area contributed by atoms with E-state index >= 15 is 0 Å². The van der Waals surface area contributed by atoms with E-state index in [1.54, 1.807) is 36.0 Å². The number of benzene rings is 1. The lowest BCUT2D eigenvalue weighted by Crippen LogP contribution is -2.49. The second-order valence-electron chi connectivity index (χ2n) is 7.52. The van der Waals surface area contributed by atoms with Crippen molar-refractivity contribution >= 4 is 35.8 Å². The Kier molecular flexibility index (Phi) is 11.1. The summed E-state index contributed by atoms with van der Waals surface area (Å²) < 4.78 is 0. The van der Waals surface area contributed by atoms with Crippen molar-refractivity contribution in [2.24, 2.45) is 11.7 Å². The van der Waals surface area contributed by atoms with Gasteiger partial charge in [-0.1, -0.05) is 38.1 Å². The summed E-state index contributed by atoms with van der Waals surface area (Å²) in [5, 5.41) is 14.2. The Hall–Kier alpha value is -2.39. The molecule has 0 bridgehead atoms. The number of carboxylic acids is 1. The highest BCUT2D eigenvalue weighted by Gasteiger charge is 2.25. The summed E-state index contributed by atoms with van der Waals surface area (Å²) in [6, 6.07) is 4.10. The van der Waals surface area contributed by atoms with Gasteiger partial charge in [0.2, 0.25) is 12.3 Å². The summed E-state index contributed by atoms with van der Waals surface area (Å²) in [4.78, 5) is 47.1. The summed E-state index contributed by atoms with van der Waals surface area (Å²) >= 11 is 1.60. The van der Waals surface area contributed by atoms with Gasteiger partial charge in [-0.25, -0.2) is 4.79 Å². The van der Waals surface area contributed by atoms with Crippen molar-refractivity contribution in [1.82, 2.24) is 10.6 Å². The van der Waals surface area contributed by atoms with E-state index in [4.69, 9.17) is 10.8 Å². The van der Waals surface area contributed by atoms with E-state index in [0.29, 0.717) is 30.4 Å². The van der Waals surface area contributed by atoms with Crippen LogP contribution < -0.4 is 16.4 Å². The fourth-order valence-electron chi connectivity index (χ4n) is 2.90. The number of amides is 2. The number of thioether (sulfide) groups is 1. The molecule has 0 spiro atoms. The summed E-state index contributed by atoms with van der Waals surface area (Å²) in [5.74, 6) is -0.758. The van der Waals surface area contributed by atoms with Crippen molar-refractivity contribution in [3.63, 3.8) is 0 Å². The van der Waals surface area contributed by atoms with Gasteiger partial charge < -0.3 is 21.5 Å². The zero-order valence-corrected chi connectivity index (χ0v) is 18.4. The number of nitrogens with two attached hydrogens (primary N) is 1. The van der Waals surface area contributed by atoms with Crippen molar-refractivity contribution in [2.75, 3.05) is 12.0 Å². The Morgan fingerprint density at radius 1 is 1.17 bits per heavy atom. The number of carbonyl (C=O) groups excluding carboxylic acids is 3. The highest BCUT2D eigenvalue weighted by molar-refractivity contribution is 7.98. The van der Waals surface area contributed by atoms with Gasteiger partial charge >= 0.3 is 5.97 Å². The van der Waals surface area contributed by atoms with Crippen LogP contribution in [0.3, 0.4) is 0 Å². The molecule has 0 aliphatic carbocycles. The van der Waals surface area contributed by atoms with E-state index < -0.39 is 24.1 Å². The molecule has 3 atom stereocenters. The van der Waals surface area contributed by atoms with Crippen LogP contribution in [-0.4, -0.2) is 59.3 Å². The van der Waals surface area contributed by atoms with E-state index in [1.165, 1.54) is 0 Å². The Morgan fingerprint density at radius 2 is 1.80 bits per heavy atom. The number of Topliss-reactive ketones (excluding diaryl/α,β-unsaturated/α-hetero) is 1. The molecule has 2 amide bonds. The number of aliphatic carboxylic acids is 1. The first-order valence-corrected chi connectivity index (χ1v) is 11.2. The minimum atomic E-state index is -1.14. The van der Waals surface area contributed by atoms with Crippen LogP contribution in [0.4, 0.5) is 0 Å². The minimum absolute atomic E-state index is 0.0962. The summed E-state index contributed by atoms with van der Waals surface area (Å²) in [5.41, 5.74) is 7.00. The van der Waals surface area contributed by atoms with Gasteiger partial charge in [-0.05, 0) is 36.3 Å². The highest BCUT2D eigenvalue weighted by atomic mass is 32.2. The Balaban J connectivity index is 2.89. The van der Waals surface area contributed by atoms with E-state index in [1.807, 2.05) is 20.1 Å². The maximum atomic E-state index is 13.0. The molecule has 1 rings (SSSR count). The topological polar surface area (TPSA) is 139 Å². The molecule has 0 saturated heterocycles. The Labute approximate surface area is 181 Å². The fourth-order valence-corrected chi connectivity index (χ4v) is 3.39. The molecule has 9 heteroatoms. The predicted molar refractivity (Wildman–Crippen MR) is 117 cm³/mol. The Bertz CT molecular complexity index is 724. The number of rotatable bonds is 14. The minimum Gasteiger partial charge on any atom is -0.480 e. The molecule has 0 fully saturated rings. The third-order valence-electron chi connectivity index (χ3n) is 4.56. The molecule has 166 valence electrons. The van der Waals surface area contributed by atoms with Crippen molar-refractivity contribution in [1.29, 1.82) is 0 Å². The number of carbonyl (C=O) groups is 4. The molecular formula is C21H31N3O5S. The molecule has 0 radical (unpaired) electrons. The molecule has 0 aromatic heterocycles. The Morgan fingerprint density at radius 3 is 2.30 bits per heavy atom. The van der Waals surface area contributed by atoms with Gasteiger partial charge in [0.25, 0.3) is 0 Å². The molecular weight excluding hydrogens is 406 g/mol. The zero-order chi connectivity index (χ0) is 22.7. The monoisotopic (exact) mass is 437 g/mol. The molecule has 30 heavy (non-hydrogen) atoms. The number of ketones is 1. The van der Waals surface area contributed by atoms with Gasteiger partial charge in [0.15, 0.2) is 5.78 Å². The normalized spacial score (nSPS) is 13.9. The molecule has 1 aromatic carbocycles. The lowest BCUT2D eigenvalue weighted by atomic mass is 9.94. The van der Waals surface area contributed by atoms with E-state index in [0.717, 1.165) is 5.75 Å². The van der Waals surface area contributed by atoms with Gasteiger partial charge in [0.05, 0.1) is 12.1 Å². The first-order valence-electron chi connectivity index (χ1n) is 9.80. The second kappa shape index (κ2) is 13.0. The van der Waals surface area contributed by atoms with Crippen LogP contribution in [0, 0.1) is 5.92 Å². The van der Waals surface area contributed by atoms with Crippen LogP contribution in [0.1, 0.15) is 42.6 Å². The van der Waals surface area contributed by atoms with E-state index in [-0.39, 0.29) is 24.0 Å². The maximum absolute atomic E-state index is 13.0. The number of hydrogen-bond donors (Lipinski definition) is 4.